The lowest BCUT2D eigenvalue weighted by atomic mass is 10.2. The zero-order valence-corrected chi connectivity index (χ0v) is 11.9. The smallest absolute Gasteiger partial charge is 0.226 e. The van der Waals surface area contributed by atoms with E-state index in [2.05, 4.69) is 36.5 Å². The Morgan fingerprint density at radius 2 is 2.00 bits per heavy atom. The van der Waals surface area contributed by atoms with Crippen molar-refractivity contribution in [3.05, 3.63) is 53.9 Å². The summed E-state index contributed by atoms with van der Waals surface area (Å²) in [6.45, 7) is 3.13. The molecule has 0 unspecified atom stereocenters. The van der Waals surface area contributed by atoms with Gasteiger partial charge in [-0.05, 0) is 31.2 Å². The quantitative estimate of drug-likeness (QED) is 0.818. The van der Waals surface area contributed by atoms with E-state index in [-0.39, 0.29) is 5.91 Å². The molecule has 1 aromatic carbocycles. The molecule has 0 aliphatic heterocycles. The molecule has 2 aromatic rings. The van der Waals surface area contributed by atoms with Crippen LogP contribution in [0.5, 0.6) is 0 Å². The summed E-state index contributed by atoms with van der Waals surface area (Å²) >= 11 is 0. The van der Waals surface area contributed by atoms with E-state index in [4.69, 9.17) is 4.74 Å². The number of hydrogen-bond acceptors (Lipinski definition) is 2. The molecular weight excluding hydrogens is 252 g/mol. The molecule has 0 radical (unpaired) electrons. The van der Waals surface area contributed by atoms with Gasteiger partial charge in [-0.15, -0.1) is 0 Å². The SMILES string of the molecule is COCCNC(=O)Cc1cccn1-c1ccc(C)cc1. The van der Waals surface area contributed by atoms with E-state index in [9.17, 15) is 4.79 Å². The number of carbonyl (C=O) groups is 1. The van der Waals surface area contributed by atoms with Gasteiger partial charge in [0.15, 0.2) is 0 Å². The second-order valence-corrected chi connectivity index (χ2v) is 4.72. The van der Waals surface area contributed by atoms with Crippen molar-refractivity contribution in [3.63, 3.8) is 0 Å². The second-order valence-electron chi connectivity index (χ2n) is 4.72. The zero-order chi connectivity index (χ0) is 14.4. The molecule has 4 heteroatoms. The van der Waals surface area contributed by atoms with E-state index in [1.807, 2.05) is 22.9 Å². The summed E-state index contributed by atoms with van der Waals surface area (Å²) in [6, 6.07) is 12.2. The lowest BCUT2D eigenvalue weighted by molar-refractivity contribution is -0.120. The number of hydrogen-bond donors (Lipinski definition) is 1. The van der Waals surface area contributed by atoms with Crippen molar-refractivity contribution in [2.24, 2.45) is 0 Å². The van der Waals surface area contributed by atoms with Gasteiger partial charge in [-0.2, -0.15) is 0 Å². The summed E-state index contributed by atoms with van der Waals surface area (Å²) in [4.78, 5) is 11.8. The molecule has 0 saturated carbocycles. The summed E-state index contributed by atoms with van der Waals surface area (Å²) in [7, 11) is 1.62. The number of methoxy groups -OCH3 is 1. The first kappa shape index (κ1) is 14.3. The largest absolute Gasteiger partial charge is 0.383 e. The Balaban J connectivity index is 2.05. The molecule has 0 bridgehead atoms. The van der Waals surface area contributed by atoms with Crippen molar-refractivity contribution in [1.82, 2.24) is 9.88 Å². The first-order valence-electron chi connectivity index (χ1n) is 6.69. The van der Waals surface area contributed by atoms with Crippen LogP contribution >= 0.6 is 0 Å². The number of aromatic nitrogens is 1. The molecule has 0 spiro atoms. The highest BCUT2D eigenvalue weighted by molar-refractivity contribution is 5.78. The molecule has 4 nitrogen and oxygen atoms in total. The summed E-state index contributed by atoms with van der Waals surface area (Å²) in [5.41, 5.74) is 3.27. The standard InChI is InChI=1S/C16H20N2O2/c1-13-5-7-14(8-6-13)18-10-3-4-15(18)12-16(19)17-9-11-20-2/h3-8,10H,9,11-12H2,1-2H3,(H,17,19). The predicted octanol–water partition coefficient (Wildman–Crippen LogP) is 2.09. The van der Waals surface area contributed by atoms with Crippen molar-refractivity contribution < 1.29 is 9.53 Å². The van der Waals surface area contributed by atoms with Crippen molar-refractivity contribution in [2.75, 3.05) is 20.3 Å². The van der Waals surface area contributed by atoms with Crippen LogP contribution in [0.1, 0.15) is 11.3 Å². The Morgan fingerprint density at radius 3 is 2.70 bits per heavy atom. The third-order valence-corrected chi connectivity index (χ3v) is 3.12. The Hall–Kier alpha value is -2.07. The fourth-order valence-corrected chi connectivity index (χ4v) is 2.04. The van der Waals surface area contributed by atoms with Crippen LogP contribution in [0, 0.1) is 6.92 Å². The van der Waals surface area contributed by atoms with Gasteiger partial charge in [0.1, 0.15) is 0 Å². The Labute approximate surface area is 119 Å². The molecule has 1 heterocycles. The Morgan fingerprint density at radius 1 is 1.25 bits per heavy atom. The minimum atomic E-state index is 0.00844. The molecule has 106 valence electrons. The van der Waals surface area contributed by atoms with Crippen LogP contribution in [0.4, 0.5) is 0 Å². The minimum Gasteiger partial charge on any atom is -0.383 e. The fraction of sp³-hybridized carbons (Fsp3) is 0.312. The molecular formula is C16H20N2O2. The molecule has 0 fully saturated rings. The van der Waals surface area contributed by atoms with Gasteiger partial charge in [-0.1, -0.05) is 17.7 Å². The van der Waals surface area contributed by atoms with E-state index in [1.54, 1.807) is 7.11 Å². The highest BCUT2D eigenvalue weighted by atomic mass is 16.5. The van der Waals surface area contributed by atoms with Gasteiger partial charge >= 0.3 is 0 Å². The zero-order valence-electron chi connectivity index (χ0n) is 11.9. The third-order valence-electron chi connectivity index (χ3n) is 3.12. The predicted molar refractivity (Wildman–Crippen MR) is 79.1 cm³/mol. The van der Waals surface area contributed by atoms with Crippen LogP contribution in [-0.2, 0) is 16.0 Å². The van der Waals surface area contributed by atoms with Crippen molar-refractivity contribution in [2.45, 2.75) is 13.3 Å². The van der Waals surface area contributed by atoms with Gasteiger partial charge in [0.2, 0.25) is 5.91 Å². The maximum absolute atomic E-state index is 11.8. The molecule has 1 aromatic heterocycles. The fourth-order valence-electron chi connectivity index (χ4n) is 2.04. The molecule has 0 saturated heterocycles. The molecule has 1 N–H and O–H groups in total. The lowest BCUT2D eigenvalue weighted by Gasteiger charge is -2.10. The van der Waals surface area contributed by atoms with Crippen LogP contribution in [-0.4, -0.2) is 30.7 Å². The number of nitrogens with one attached hydrogen (secondary N) is 1. The van der Waals surface area contributed by atoms with Gasteiger partial charge in [0.25, 0.3) is 0 Å². The van der Waals surface area contributed by atoms with Gasteiger partial charge in [-0.3, -0.25) is 4.79 Å². The number of nitrogens with zero attached hydrogens (tertiary/aromatic N) is 1. The van der Waals surface area contributed by atoms with Crippen LogP contribution in [0.3, 0.4) is 0 Å². The van der Waals surface area contributed by atoms with E-state index < -0.39 is 0 Å². The number of carbonyl (C=O) groups excluding carboxylic acids is 1. The first-order valence-corrected chi connectivity index (χ1v) is 6.69. The van der Waals surface area contributed by atoms with Gasteiger partial charge in [0, 0.05) is 31.2 Å². The molecule has 1 amide bonds. The van der Waals surface area contributed by atoms with E-state index >= 15 is 0 Å². The third kappa shape index (κ3) is 3.71. The minimum absolute atomic E-state index is 0.00844. The molecule has 20 heavy (non-hydrogen) atoms. The van der Waals surface area contributed by atoms with Crippen LogP contribution in [0.2, 0.25) is 0 Å². The van der Waals surface area contributed by atoms with Crippen molar-refractivity contribution in [1.29, 1.82) is 0 Å². The molecule has 0 aliphatic rings. The summed E-state index contributed by atoms with van der Waals surface area (Å²) in [6.07, 6.45) is 2.34. The van der Waals surface area contributed by atoms with Crippen molar-refractivity contribution in [3.8, 4) is 5.69 Å². The topological polar surface area (TPSA) is 43.3 Å². The number of aryl methyl sites for hydroxylation is 1. The average molecular weight is 272 g/mol. The second kappa shape index (κ2) is 6.91. The average Bonchev–Trinajstić information content (AvgIpc) is 2.88. The summed E-state index contributed by atoms with van der Waals surface area (Å²) in [5.74, 6) is 0.00844. The maximum atomic E-state index is 11.8. The highest BCUT2D eigenvalue weighted by Crippen LogP contribution is 2.14. The van der Waals surface area contributed by atoms with Gasteiger partial charge in [0.05, 0.1) is 13.0 Å². The Kier molecular flexibility index (Phi) is 4.96. The normalized spacial score (nSPS) is 10.5. The highest BCUT2D eigenvalue weighted by Gasteiger charge is 2.08. The summed E-state index contributed by atoms with van der Waals surface area (Å²) in [5, 5.41) is 2.83. The molecule has 0 atom stereocenters. The monoisotopic (exact) mass is 272 g/mol. The van der Waals surface area contributed by atoms with Crippen LogP contribution in [0.25, 0.3) is 5.69 Å². The number of rotatable bonds is 6. The van der Waals surface area contributed by atoms with Gasteiger partial charge in [-0.25, -0.2) is 0 Å². The van der Waals surface area contributed by atoms with Gasteiger partial charge < -0.3 is 14.6 Å². The number of amides is 1. The maximum Gasteiger partial charge on any atom is 0.226 e. The summed E-state index contributed by atoms with van der Waals surface area (Å²) < 4.78 is 6.95. The van der Waals surface area contributed by atoms with Crippen LogP contribution < -0.4 is 5.32 Å². The number of benzene rings is 1. The molecule has 2 rings (SSSR count). The number of ether oxygens (including phenoxy) is 1. The van der Waals surface area contributed by atoms with Crippen LogP contribution in [0.15, 0.2) is 42.6 Å². The van der Waals surface area contributed by atoms with E-state index in [0.717, 1.165) is 11.4 Å². The lowest BCUT2D eigenvalue weighted by Crippen LogP contribution is -2.28. The first-order chi connectivity index (χ1) is 9.70. The van der Waals surface area contributed by atoms with E-state index in [1.165, 1.54) is 5.56 Å². The molecule has 0 aliphatic carbocycles. The van der Waals surface area contributed by atoms with E-state index in [0.29, 0.717) is 19.6 Å². The van der Waals surface area contributed by atoms with Crippen molar-refractivity contribution >= 4 is 5.91 Å². The Bertz CT molecular complexity index is 558.